The monoisotopic (exact) mass is 236 g/mol. The van der Waals surface area contributed by atoms with Crippen LogP contribution >= 0.6 is 0 Å². The number of nitrogens with zero attached hydrogens (tertiary/aromatic N) is 2. The zero-order chi connectivity index (χ0) is 12.4. The van der Waals surface area contributed by atoms with Crippen LogP contribution in [0.3, 0.4) is 0 Å². The number of benzene rings is 1. The van der Waals surface area contributed by atoms with Crippen LogP contribution in [0.2, 0.25) is 0 Å². The number of aromatic hydroxyl groups is 1. The molecule has 2 aromatic rings. The van der Waals surface area contributed by atoms with Gasteiger partial charge in [-0.3, -0.25) is 9.89 Å². The molecule has 6 nitrogen and oxygen atoms in total. The van der Waals surface area contributed by atoms with E-state index in [1.807, 2.05) is 0 Å². The number of aromatic amines is 1. The Bertz CT molecular complexity index is 567. The first-order chi connectivity index (χ1) is 8.06. The fourth-order valence-electron chi connectivity index (χ4n) is 1.22. The largest absolute Gasteiger partial charge is 0.505 e. The lowest BCUT2D eigenvalue weighted by Gasteiger charge is -2.03. The number of aromatic nitrogens is 3. The summed E-state index contributed by atoms with van der Waals surface area (Å²) in [6.45, 7) is 1.66. The van der Waals surface area contributed by atoms with Gasteiger partial charge >= 0.3 is 0 Å². The summed E-state index contributed by atoms with van der Waals surface area (Å²) in [7, 11) is 0. The molecule has 1 aromatic heterocycles. The topological polar surface area (TPSA) is 90.9 Å². The molecular formula is C10H9FN4O2. The molecule has 0 fully saturated rings. The van der Waals surface area contributed by atoms with Crippen molar-refractivity contribution in [2.24, 2.45) is 0 Å². The number of nitrogens with one attached hydrogen (secondary N) is 2. The highest BCUT2D eigenvalue weighted by molar-refractivity contribution is 6.01. The number of phenolic OH excluding ortho intramolecular Hbond substituents is 1. The zero-order valence-electron chi connectivity index (χ0n) is 8.86. The summed E-state index contributed by atoms with van der Waals surface area (Å²) in [6.07, 6.45) is 0. The number of amides is 1. The fourth-order valence-corrected chi connectivity index (χ4v) is 1.22. The van der Waals surface area contributed by atoms with E-state index in [0.29, 0.717) is 5.82 Å². The third-order valence-corrected chi connectivity index (χ3v) is 2.01. The standard InChI is InChI=1S/C10H9FN4O2/c1-5-12-9(15-14-5)10(17)13-6-2-3-8(16)7(11)4-6/h2-4,16H,1H3,(H,13,17)(H,12,14,15). The molecule has 0 aliphatic rings. The van der Waals surface area contributed by atoms with Gasteiger partial charge in [0.05, 0.1) is 0 Å². The van der Waals surface area contributed by atoms with Crippen molar-refractivity contribution in [2.45, 2.75) is 6.92 Å². The quantitative estimate of drug-likeness (QED) is 0.683. The van der Waals surface area contributed by atoms with Crippen LogP contribution in [0.25, 0.3) is 0 Å². The molecule has 1 heterocycles. The minimum atomic E-state index is -0.811. The number of anilines is 1. The molecule has 0 atom stereocenters. The van der Waals surface area contributed by atoms with Crippen LogP contribution in [0.1, 0.15) is 16.4 Å². The molecule has 0 saturated carbocycles. The van der Waals surface area contributed by atoms with E-state index in [0.717, 1.165) is 12.1 Å². The number of carbonyl (C=O) groups excluding carboxylic acids is 1. The lowest BCUT2D eigenvalue weighted by atomic mass is 10.3. The van der Waals surface area contributed by atoms with Gasteiger partial charge in [0.25, 0.3) is 5.91 Å². The maximum Gasteiger partial charge on any atom is 0.295 e. The Balaban J connectivity index is 2.15. The van der Waals surface area contributed by atoms with Crippen molar-refractivity contribution in [1.29, 1.82) is 0 Å². The first-order valence-corrected chi connectivity index (χ1v) is 4.75. The number of hydrogen-bond acceptors (Lipinski definition) is 4. The third-order valence-electron chi connectivity index (χ3n) is 2.01. The molecule has 17 heavy (non-hydrogen) atoms. The molecular weight excluding hydrogens is 227 g/mol. The molecule has 0 radical (unpaired) electrons. The molecule has 7 heteroatoms. The maximum atomic E-state index is 13.0. The van der Waals surface area contributed by atoms with Gasteiger partial charge in [0.1, 0.15) is 5.82 Å². The third kappa shape index (κ3) is 2.39. The number of phenols is 1. The van der Waals surface area contributed by atoms with Gasteiger partial charge in [0.2, 0.25) is 5.82 Å². The van der Waals surface area contributed by atoms with Crippen LogP contribution < -0.4 is 5.32 Å². The fraction of sp³-hybridized carbons (Fsp3) is 0.100. The highest BCUT2D eigenvalue weighted by Crippen LogP contribution is 2.19. The summed E-state index contributed by atoms with van der Waals surface area (Å²) >= 11 is 0. The minimum absolute atomic E-state index is 0.0315. The summed E-state index contributed by atoms with van der Waals surface area (Å²) in [5.74, 6) is -1.37. The van der Waals surface area contributed by atoms with Gasteiger partial charge in [0, 0.05) is 11.8 Å². The van der Waals surface area contributed by atoms with Crippen LogP contribution in [0.4, 0.5) is 10.1 Å². The molecule has 0 unspecified atom stereocenters. The lowest BCUT2D eigenvalue weighted by molar-refractivity contribution is 0.101. The molecule has 88 valence electrons. The highest BCUT2D eigenvalue weighted by atomic mass is 19.1. The van der Waals surface area contributed by atoms with E-state index in [9.17, 15) is 9.18 Å². The Kier molecular flexibility index (Phi) is 2.73. The summed E-state index contributed by atoms with van der Waals surface area (Å²) in [4.78, 5) is 15.4. The smallest absolute Gasteiger partial charge is 0.295 e. The van der Waals surface area contributed by atoms with Crippen molar-refractivity contribution in [2.75, 3.05) is 5.32 Å². The molecule has 1 amide bonds. The highest BCUT2D eigenvalue weighted by Gasteiger charge is 2.12. The van der Waals surface area contributed by atoms with Crippen molar-refractivity contribution in [1.82, 2.24) is 15.2 Å². The average molecular weight is 236 g/mol. The second kappa shape index (κ2) is 4.20. The number of H-pyrrole nitrogens is 1. The number of carbonyl (C=O) groups is 1. The summed E-state index contributed by atoms with van der Waals surface area (Å²) in [5, 5.41) is 17.6. The van der Waals surface area contributed by atoms with Gasteiger partial charge in [0.15, 0.2) is 11.6 Å². The van der Waals surface area contributed by atoms with E-state index in [1.54, 1.807) is 6.92 Å². The minimum Gasteiger partial charge on any atom is -0.505 e. The average Bonchev–Trinajstić information content (AvgIpc) is 2.70. The van der Waals surface area contributed by atoms with Crippen molar-refractivity contribution in [3.63, 3.8) is 0 Å². The number of hydrogen-bond donors (Lipinski definition) is 3. The van der Waals surface area contributed by atoms with E-state index in [2.05, 4.69) is 20.5 Å². The Labute approximate surface area is 95.5 Å². The van der Waals surface area contributed by atoms with E-state index in [4.69, 9.17) is 5.11 Å². The van der Waals surface area contributed by atoms with Gasteiger partial charge in [-0.25, -0.2) is 9.37 Å². The molecule has 0 bridgehead atoms. The molecule has 1 aromatic carbocycles. The zero-order valence-corrected chi connectivity index (χ0v) is 8.86. The van der Waals surface area contributed by atoms with Gasteiger partial charge in [-0.1, -0.05) is 0 Å². The van der Waals surface area contributed by atoms with Crippen LogP contribution in [0, 0.1) is 12.7 Å². The lowest BCUT2D eigenvalue weighted by Crippen LogP contribution is -2.13. The molecule has 0 aliphatic heterocycles. The second-order valence-electron chi connectivity index (χ2n) is 3.36. The molecule has 0 spiro atoms. The van der Waals surface area contributed by atoms with Crippen molar-refractivity contribution in [3.8, 4) is 5.75 Å². The Morgan fingerprint density at radius 1 is 1.53 bits per heavy atom. The maximum absolute atomic E-state index is 13.0. The van der Waals surface area contributed by atoms with E-state index in [-0.39, 0.29) is 11.5 Å². The van der Waals surface area contributed by atoms with Gasteiger partial charge in [-0.2, -0.15) is 0 Å². The van der Waals surface area contributed by atoms with Crippen molar-refractivity contribution < 1.29 is 14.3 Å². The first kappa shape index (κ1) is 11.1. The van der Waals surface area contributed by atoms with Crippen molar-refractivity contribution >= 4 is 11.6 Å². The van der Waals surface area contributed by atoms with Gasteiger partial charge in [-0.15, -0.1) is 5.10 Å². The van der Waals surface area contributed by atoms with Crippen LogP contribution in [-0.2, 0) is 0 Å². The van der Waals surface area contributed by atoms with Crippen molar-refractivity contribution in [3.05, 3.63) is 35.7 Å². The van der Waals surface area contributed by atoms with E-state index in [1.165, 1.54) is 6.07 Å². The Morgan fingerprint density at radius 3 is 2.88 bits per heavy atom. The van der Waals surface area contributed by atoms with E-state index < -0.39 is 17.5 Å². The van der Waals surface area contributed by atoms with Gasteiger partial charge in [-0.05, 0) is 19.1 Å². The Morgan fingerprint density at radius 2 is 2.29 bits per heavy atom. The number of rotatable bonds is 2. The second-order valence-corrected chi connectivity index (χ2v) is 3.36. The molecule has 2 rings (SSSR count). The Hall–Kier alpha value is -2.44. The predicted octanol–water partition coefficient (Wildman–Crippen LogP) is 1.21. The number of aryl methyl sites for hydroxylation is 1. The van der Waals surface area contributed by atoms with Crippen LogP contribution in [0.5, 0.6) is 5.75 Å². The normalized spacial score (nSPS) is 10.2. The van der Waals surface area contributed by atoms with Gasteiger partial charge < -0.3 is 10.4 Å². The van der Waals surface area contributed by atoms with E-state index >= 15 is 0 Å². The molecule has 0 saturated heterocycles. The molecule has 0 aliphatic carbocycles. The predicted molar refractivity (Wildman–Crippen MR) is 57.1 cm³/mol. The SMILES string of the molecule is Cc1nc(C(=O)Nc2ccc(O)c(F)c2)n[nH]1. The van der Waals surface area contributed by atoms with Crippen LogP contribution in [0.15, 0.2) is 18.2 Å². The summed E-state index contributed by atoms with van der Waals surface area (Å²) in [5.41, 5.74) is 0.216. The summed E-state index contributed by atoms with van der Waals surface area (Å²) < 4.78 is 13.0. The molecule has 3 N–H and O–H groups in total. The van der Waals surface area contributed by atoms with Crippen LogP contribution in [-0.4, -0.2) is 26.2 Å². The first-order valence-electron chi connectivity index (χ1n) is 4.75. The summed E-state index contributed by atoms with van der Waals surface area (Å²) in [6, 6.07) is 3.52. The number of halogens is 1.